The van der Waals surface area contributed by atoms with Gasteiger partial charge in [-0.25, -0.2) is 4.79 Å². The molecule has 0 saturated carbocycles. The zero-order valence-electron chi connectivity index (χ0n) is 15.1. The van der Waals surface area contributed by atoms with Crippen LogP contribution in [0.15, 0.2) is 88.5 Å². The highest BCUT2D eigenvalue weighted by Gasteiger charge is 2.30. The van der Waals surface area contributed by atoms with Gasteiger partial charge in [0.2, 0.25) is 0 Å². The van der Waals surface area contributed by atoms with Crippen LogP contribution in [0.5, 0.6) is 5.75 Å². The molecule has 1 unspecified atom stereocenters. The third kappa shape index (κ3) is 4.67. The highest BCUT2D eigenvalue weighted by molar-refractivity contribution is 8.00. The number of carboxylic acid groups (broad SMARTS) is 1. The monoisotopic (exact) mass is 367 g/mol. The highest BCUT2D eigenvalue weighted by Crippen LogP contribution is 2.35. The van der Waals surface area contributed by atoms with E-state index in [1.807, 2.05) is 44.2 Å². The van der Waals surface area contributed by atoms with Gasteiger partial charge in [-0.15, -0.1) is 0 Å². The standard InChI is InChI=1S/C22H22O3S/c1-5-10-18(6-2)26(19-11-8-7-9-12-19)20-13-16(3)22(17(4)14-20)25-15-21(23)24/h5-14H,1-2,15H2,3-4H3/p+1/b18-10+. The van der Waals surface area contributed by atoms with Crippen molar-refractivity contribution in [3.8, 4) is 5.75 Å². The summed E-state index contributed by atoms with van der Waals surface area (Å²) < 4.78 is 5.46. The molecule has 0 saturated heterocycles. The lowest BCUT2D eigenvalue weighted by atomic mass is 10.1. The van der Waals surface area contributed by atoms with Gasteiger partial charge in [-0.1, -0.05) is 37.4 Å². The van der Waals surface area contributed by atoms with Crippen LogP contribution in [0.25, 0.3) is 0 Å². The normalized spacial score (nSPS) is 12.3. The molecule has 2 aromatic carbocycles. The Morgan fingerprint density at radius 3 is 2.23 bits per heavy atom. The number of allylic oxidation sites excluding steroid dienone is 3. The molecule has 4 heteroatoms. The summed E-state index contributed by atoms with van der Waals surface area (Å²) in [6.45, 7) is 11.3. The highest BCUT2D eigenvalue weighted by atomic mass is 32.2. The van der Waals surface area contributed by atoms with Crippen molar-refractivity contribution < 1.29 is 14.6 Å². The molecular weight excluding hydrogens is 344 g/mol. The van der Waals surface area contributed by atoms with Crippen molar-refractivity contribution in [1.29, 1.82) is 0 Å². The molecule has 2 aromatic rings. The summed E-state index contributed by atoms with van der Waals surface area (Å²) in [7, 11) is -0.331. The molecule has 26 heavy (non-hydrogen) atoms. The van der Waals surface area contributed by atoms with Gasteiger partial charge in [-0.05, 0) is 49.3 Å². The van der Waals surface area contributed by atoms with Gasteiger partial charge in [0.15, 0.2) is 21.3 Å². The van der Waals surface area contributed by atoms with E-state index in [0.717, 1.165) is 20.9 Å². The van der Waals surface area contributed by atoms with Gasteiger partial charge in [-0.2, -0.15) is 0 Å². The largest absolute Gasteiger partial charge is 0.481 e. The molecule has 0 aliphatic heterocycles. The van der Waals surface area contributed by atoms with Crippen LogP contribution in [-0.4, -0.2) is 17.7 Å². The SMILES string of the molecule is C=C/C=C(\C=C)[S+](c1ccccc1)c1cc(C)c(OCC(=O)O)c(C)c1. The number of benzene rings is 2. The summed E-state index contributed by atoms with van der Waals surface area (Å²) in [5.74, 6) is -0.361. The smallest absolute Gasteiger partial charge is 0.341 e. The Hall–Kier alpha value is -2.72. The number of carbonyl (C=O) groups is 1. The minimum Gasteiger partial charge on any atom is -0.481 e. The average Bonchev–Trinajstić information content (AvgIpc) is 2.61. The molecular formula is C22H23O3S+. The second-order valence-electron chi connectivity index (χ2n) is 5.70. The summed E-state index contributed by atoms with van der Waals surface area (Å²) in [5, 5.41) is 8.86. The van der Waals surface area contributed by atoms with E-state index in [1.165, 1.54) is 4.90 Å². The second kappa shape index (κ2) is 9.11. The summed E-state index contributed by atoms with van der Waals surface area (Å²) in [6.07, 6.45) is 5.60. The fourth-order valence-electron chi connectivity index (χ4n) is 2.69. The summed E-state index contributed by atoms with van der Waals surface area (Å²) in [6, 6.07) is 14.4. The zero-order chi connectivity index (χ0) is 19.1. The molecule has 134 valence electrons. The molecule has 0 heterocycles. The van der Waals surface area contributed by atoms with E-state index < -0.39 is 5.97 Å². The first-order valence-electron chi connectivity index (χ1n) is 8.18. The van der Waals surface area contributed by atoms with Crippen molar-refractivity contribution in [2.45, 2.75) is 23.6 Å². The third-order valence-electron chi connectivity index (χ3n) is 3.71. The van der Waals surface area contributed by atoms with E-state index in [1.54, 1.807) is 6.08 Å². The van der Waals surface area contributed by atoms with Gasteiger partial charge < -0.3 is 9.84 Å². The van der Waals surface area contributed by atoms with Crippen molar-refractivity contribution in [1.82, 2.24) is 0 Å². The lowest BCUT2D eigenvalue weighted by molar-refractivity contribution is -0.139. The fraction of sp³-hybridized carbons (Fsp3) is 0.136. The predicted octanol–water partition coefficient (Wildman–Crippen LogP) is 5.06. The van der Waals surface area contributed by atoms with Crippen molar-refractivity contribution in [3.63, 3.8) is 0 Å². The molecule has 2 rings (SSSR count). The van der Waals surface area contributed by atoms with Crippen molar-refractivity contribution in [2.75, 3.05) is 6.61 Å². The first kappa shape index (κ1) is 19.6. The Kier molecular flexibility index (Phi) is 6.87. The molecule has 0 aliphatic rings. The Bertz CT molecular complexity index is 815. The Balaban J connectivity index is 2.55. The number of rotatable bonds is 8. The maximum absolute atomic E-state index is 10.8. The minimum atomic E-state index is -0.986. The first-order chi connectivity index (χ1) is 12.5. The number of carboxylic acids is 1. The van der Waals surface area contributed by atoms with Crippen LogP contribution in [0.4, 0.5) is 0 Å². The Labute approximate surface area is 157 Å². The maximum atomic E-state index is 10.8. The molecule has 0 fully saturated rings. The van der Waals surface area contributed by atoms with Gasteiger partial charge in [0.1, 0.15) is 5.75 Å². The summed E-state index contributed by atoms with van der Waals surface area (Å²) in [4.78, 5) is 14.2. The minimum absolute atomic E-state index is 0.331. The number of aliphatic carboxylic acids is 1. The molecule has 3 nitrogen and oxygen atoms in total. The Morgan fingerprint density at radius 2 is 1.73 bits per heavy atom. The van der Waals surface area contributed by atoms with Crippen LogP contribution in [-0.2, 0) is 15.7 Å². The van der Waals surface area contributed by atoms with E-state index in [2.05, 4.69) is 37.4 Å². The van der Waals surface area contributed by atoms with E-state index in [-0.39, 0.29) is 17.5 Å². The van der Waals surface area contributed by atoms with Gasteiger partial charge >= 0.3 is 5.97 Å². The first-order valence-corrected chi connectivity index (χ1v) is 9.40. The van der Waals surface area contributed by atoms with Crippen LogP contribution in [0, 0.1) is 13.8 Å². The molecule has 0 radical (unpaired) electrons. The number of ether oxygens (including phenoxy) is 1. The number of aryl methyl sites for hydroxylation is 2. The third-order valence-corrected chi connectivity index (χ3v) is 5.93. The topological polar surface area (TPSA) is 46.5 Å². The van der Waals surface area contributed by atoms with Crippen molar-refractivity contribution in [2.24, 2.45) is 0 Å². The lowest BCUT2D eigenvalue weighted by Crippen LogP contribution is -2.12. The predicted molar refractivity (Wildman–Crippen MR) is 108 cm³/mol. The van der Waals surface area contributed by atoms with Crippen LogP contribution < -0.4 is 4.74 Å². The van der Waals surface area contributed by atoms with Crippen LogP contribution >= 0.6 is 0 Å². The molecule has 0 aromatic heterocycles. The molecule has 0 aliphatic carbocycles. The lowest BCUT2D eigenvalue weighted by Gasteiger charge is -2.14. The molecule has 0 amide bonds. The van der Waals surface area contributed by atoms with Gasteiger partial charge in [0.05, 0.1) is 10.9 Å². The molecule has 0 spiro atoms. The van der Waals surface area contributed by atoms with Crippen LogP contribution in [0.1, 0.15) is 11.1 Å². The van der Waals surface area contributed by atoms with Gasteiger partial charge in [-0.3, -0.25) is 0 Å². The average molecular weight is 367 g/mol. The van der Waals surface area contributed by atoms with Gasteiger partial charge in [0, 0.05) is 12.1 Å². The molecule has 1 N–H and O–H groups in total. The van der Waals surface area contributed by atoms with E-state index >= 15 is 0 Å². The molecule has 1 atom stereocenters. The maximum Gasteiger partial charge on any atom is 0.341 e. The zero-order valence-corrected chi connectivity index (χ0v) is 15.9. The number of hydrogen-bond donors (Lipinski definition) is 1. The van der Waals surface area contributed by atoms with E-state index in [0.29, 0.717) is 5.75 Å². The van der Waals surface area contributed by atoms with Crippen molar-refractivity contribution in [3.05, 3.63) is 89.9 Å². The quantitative estimate of drug-likeness (QED) is 0.524. The van der Waals surface area contributed by atoms with E-state index in [4.69, 9.17) is 9.84 Å². The summed E-state index contributed by atoms with van der Waals surface area (Å²) >= 11 is 0. The van der Waals surface area contributed by atoms with Crippen molar-refractivity contribution >= 4 is 16.9 Å². The van der Waals surface area contributed by atoms with Gasteiger partial charge in [0.25, 0.3) is 0 Å². The fourth-order valence-corrected chi connectivity index (χ4v) is 4.92. The molecule has 0 bridgehead atoms. The van der Waals surface area contributed by atoms with E-state index in [9.17, 15) is 4.79 Å². The van der Waals surface area contributed by atoms with Crippen LogP contribution in [0.3, 0.4) is 0 Å². The second-order valence-corrected chi connectivity index (χ2v) is 7.72. The van der Waals surface area contributed by atoms with Crippen LogP contribution in [0.2, 0.25) is 0 Å². The number of hydrogen-bond acceptors (Lipinski definition) is 2. The summed E-state index contributed by atoms with van der Waals surface area (Å²) in [5.41, 5.74) is 1.83. The Morgan fingerprint density at radius 1 is 1.12 bits per heavy atom.